The second kappa shape index (κ2) is 11.4. The van der Waals surface area contributed by atoms with Crippen molar-refractivity contribution in [1.29, 1.82) is 0 Å². The highest BCUT2D eigenvalue weighted by Gasteiger charge is 1.90. The maximum Gasteiger partial charge on any atom is 0.330 e. The SMILES string of the molecule is C.C.C=C(C)C(=O)O.C=C(C)C(=O)O. The fourth-order valence-electron chi connectivity index (χ4n) is 0. The molecule has 0 radical (unpaired) electrons. The molecule has 0 aromatic heterocycles. The van der Waals surface area contributed by atoms with E-state index in [-0.39, 0.29) is 26.0 Å². The van der Waals surface area contributed by atoms with Gasteiger partial charge >= 0.3 is 11.9 Å². The molecule has 0 aliphatic carbocycles. The molecule has 2 N–H and O–H groups in total. The lowest BCUT2D eigenvalue weighted by molar-refractivity contribution is -0.133. The van der Waals surface area contributed by atoms with Crippen molar-refractivity contribution in [1.82, 2.24) is 0 Å². The molecule has 0 unspecified atom stereocenters. The largest absolute Gasteiger partial charge is 0.478 e. The lowest BCUT2D eigenvalue weighted by Gasteiger charge is -1.79. The third-order valence-electron chi connectivity index (χ3n) is 0.730. The van der Waals surface area contributed by atoms with Crippen LogP contribution in [0.1, 0.15) is 28.7 Å². The first-order valence-electron chi connectivity index (χ1n) is 3.06. The van der Waals surface area contributed by atoms with Gasteiger partial charge in [0.25, 0.3) is 0 Å². The minimum absolute atomic E-state index is 0. The van der Waals surface area contributed by atoms with E-state index in [9.17, 15) is 9.59 Å². The lowest BCUT2D eigenvalue weighted by atomic mass is 10.4. The van der Waals surface area contributed by atoms with Crippen molar-refractivity contribution in [2.24, 2.45) is 0 Å². The highest BCUT2D eigenvalue weighted by atomic mass is 16.4. The summed E-state index contributed by atoms with van der Waals surface area (Å²) in [5.74, 6) is -1.87. The smallest absolute Gasteiger partial charge is 0.330 e. The van der Waals surface area contributed by atoms with Crippen LogP contribution in [0.5, 0.6) is 0 Å². The van der Waals surface area contributed by atoms with Crippen molar-refractivity contribution in [2.45, 2.75) is 28.7 Å². The number of rotatable bonds is 2. The molecule has 84 valence electrons. The van der Waals surface area contributed by atoms with Crippen LogP contribution in [0.15, 0.2) is 24.3 Å². The summed E-state index contributed by atoms with van der Waals surface area (Å²) < 4.78 is 0. The monoisotopic (exact) mass is 204 g/mol. The van der Waals surface area contributed by atoms with Gasteiger partial charge in [0, 0.05) is 11.1 Å². The molecule has 0 aliphatic rings. The number of carboxylic acid groups (broad SMARTS) is 2. The Labute approximate surface area is 85.6 Å². The first-order valence-corrected chi connectivity index (χ1v) is 3.06. The predicted octanol–water partition coefficient (Wildman–Crippen LogP) is 2.57. The van der Waals surface area contributed by atoms with Crippen LogP contribution in [0.25, 0.3) is 0 Å². The molecular formula is C10H20O4. The van der Waals surface area contributed by atoms with E-state index in [4.69, 9.17) is 10.2 Å². The highest BCUT2D eigenvalue weighted by molar-refractivity contribution is 5.85. The summed E-state index contributed by atoms with van der Waals surface area (Å²) in [7, 11) is 0. The highest BCUT2D eigenvalue weighted by Crippen LogP contribution is 1.81. The molecule has 0 fully saturated rings. The van der Waals surface area contributed by atoms with Crippen LogP contribution < -0.4 is 0 Å². The van der Waals surface area contributed by atoms with Crippen molar-refractivity contribution in [3.8, 4) is 0 Å². The van der Waals surface area contributed by atoms with Gasteiger partial charge in [-0.15, -0.1) is 0 Å². The van der Waals surface area contributed by atoms with Crippen LogP contribution in [0.2, 0.25) is 0 Å². The fourth-order valence-corrected chi connectivity index (χ4v) is 0. The van der Waals surface area contributed by atoms with Gasteiger partial charge in [-0.2, -0.15) is 0 Å². The number of aliphatic carboxylic acids is 2. The topological polar surface area (TPSA) is 74.6 Å². The molecule has 0 spiro atoms. The molecule has 0 atom stereocenters. The van der Waals surface area contributed by atoms with Crippen molar-refractivity contribution < 1.29 is 19.8 Å². The molecule has 0 saturated heterocycles. The Hall–Kier alpha value is -1.58. The lowest BCUT2D eigenvalue weighted by Crippen LogP contribution is -1.92. The third kappa shape index (κ3) is 22.4. The summed E-state index contributed by atoms with van der Waals surface area (Å²) in [4.78, 5) is 19.2. The van der Waals surface area contributed by atoms with Gasteiger partial charge in [-0.25, -0.2) is 9.59 Å². The maximum absolute atomic E-state index is 9.60. The molecule has 14 heavy (non-hydrogen) atoms. The number of hydrogen-bond acceptors (Lipinski definition) is 2. The Kier molecular flexibility index (Phi) is 18.6. The van der Waals surface area contributed by atoms with E-state index in [0.29, 0.717) is 0 Å². The van der Waals surface area contributed by atoms with Gasteiger partial charge in [0.1, 0.15) is 0 Å². The average Bonchev–Trinajstić information content (AvgIpc) is 1.88. The van der Waals surface area contributed by atoms with Gasteiger partial charge in [-0.05, 0) is 13.8 Å². The van der Waals surface area contributed by atoms with E-state index in [2.05, 4.69) is 13.2 Å². The van der Waals surface area contributed by atoms with Crippen molar-refractivity contribution in [2.75, 3.05) is 0 Å². The van der Waals surface area contributed by atoms with Crippen LogP contribution in [0.4, 0.5) is 0 Å². The maximum atomic E-state index is 9.60. The Balaban J connectivity index is -0.0000000625. The van der Waals surface area contributed by atoms with Crippen molar-refractivity contribution >= 4 is 11.9 Å². The first kappa shape index (κ1) is 22.8. The van der Waals surface area contributed by atoms with E-state index in [1.54, 1.807) is 0 Å². The Morgan fingerprint density at radius 1 is 0.857 bits per heavy atom. The zero-order valence-electron chi connectivity index (χ0n) is 7.13. The molecular weight excluding hydrogens is 184 g/mol. The van der Waals surface area contributed by atoms with Gasteiger partial charge in [-0.1, -0.05) is 28.0 Å². The summed E-state index contributed by atoms with van der Waals surface area (Å²) in [5, 5.41) is 15.8. The van der Waals surface area contributed by atoms with Crippen LogP contribution in [0, 0.1) is 0 Å². The van der Waals surface area contributed by atoms with Crippen molar-refractivity contribution in [3.05, 3.63) is 24.3 Å². The summed E-state index contributed by atoms with van der Waals surface area (Å²) in [6, 6.07) is 0. The van der Waals surface area contributed by atoms with Gasteiger partial charge in [0.2, 0.25) is 0 Å². The summed E-state index contributed by atoms with van der Waals surface area (Å²) in [6.45, 7) is 9.20. The molecule has 0 amide bonds. The second-order valence-corrected chi connectivity index (χ2v) is 2.17. The summed E-state index contributed by atoms with van der Waals surface area (Å²) in [6.07, 6.45) is 0. The third-order valence-corrected chi connectivity index (χ3v) is 0.730. The molecule has 0 bridgehead atoms. The minimum Gasteiger partial charge on any atom is -0.478 e. The molecule has 4 nitrogen and oxygen atoms in total. The molecule has 0 aromatic carbocycles. The average molecular weight is 204 g/mol. The van der Waals surface area contributed by atoms with Gasteiger partial charge in [0.15, 0.2) is 0 Å². The quantitative estimate of drug-likeness (QED) is 0.678. The standard InChI is InChI=1S/2C4H6O2.2CH4/c2*1-3(2)4(5)6;;/h2*1H2,2H3,(H,5,6);2*1H4. The van der Waals surface area contributed by atoms with E-state index < -0.39 is 11.9 Å². The molecule has 0 rings (SSSR count). The molecule has 0 aliphatic heterocycles. The van der Waals surface area contributed by atoms with Crippen LogP contribution >= 0.6 is 0 Å². The van der Waals surface area contributed by atoms with E-state index in [0.717, 1.165) is 0 Å². The molecule has 4 heteroatoms. The normalized spacial score (nSPS) is 6.43. The van der Waals surface area contributed by atoms with E-state index >= 15 is 0 Å². The zero-order chi connectivity index (χ0) is 10.3. The first-order chi connectivity index (χ1) is 5.29. The Morgan fingerprint density at radius 2 is 0.929 bits per heavy atom. The second-order valence-electron chi connectivity index (χ2n) is 2.17. The Morgan fingerprint density at radius 3 is 0.929 bits per heavy atom. The van der Waals surface area contributed by atoms with Crippen LogP contribution in [-0.2, 0) is 9.59 Å². The summed E-state index contributed by atoms with van der Waals surface area (Å²) >= 11 is 0. The van der Waals surface area contributed by atoms with Crippen LogP contribution in [0.3, 0.4) is 0 Å². The van der Waals surface area contributed by atoms with Gasteiger partial charge in [-0.3, -0.25) is 0 Å². The Bertz CT molecular complexity index is 168. The fraction of sp³-hybridized carbons (Fsp3) is 0.400. The van der Waals surface area contributed by atoms with E-state index in [1.807, 2.05) is 0 Å². The minimum atomic E-state index is -0.935. The molecule has 0 aromatic rings. The summed E-state index contributed by atoms with van der Waals surface area (Å²) in [5.41, 5.74) is 0.352. The van der Waals surface area contributed by atoms with Crippen molar-refractivity contribution in [3.63, 3.8) is 0 Å². The molecule has 0 heterocycles. The number of hydrogen-bond donors (Lipinski definition) is 2. The van der Waals surface area contributed by atoms with Gasteiger partial charge < -0.3 is 10.2 Å². The number of carbonyl (C=O) groups is 2. The number of carboxylic acids is 2. The van der Waals surface area contributed by atoms with Gasteiger partial charge in [0.05, 0.1) is 0 Å². The van der Waals surface area contributed by atoms with E-state index in [1.165, 1.54) is 13.8 Å². The zero-order valence-corrected chi connectivity index (χ0v) is 7.13. The molecule has 0 saturated carbocycles. The van der Waals surface area contributed by atoms with Crippen LogP contribution in [-0.4, -0.2) is 22.2 Å². The predicted molar refractivity (Wildman–Crippen MR) is 58.4 cm³/mol.